The Morgan fingerprint density at radius 1 is 1.23 bits per heavy atom. The van der Waals surface area contributed by atoms with Gasteiger partial charge in [-0.15, -0.1) is 0 Å². The van der Waals surface area contributed by atoms with Crippen molar-refractivity contribution in [3.8, 4) is 5.75 Å². The highest BCUT2D eigenvalue weighted by atomic mass is 32.2. The predicted octanol–water partition coefficient (Wildman–Crippen LogP) is 2.02. The van der Waals surface area contributed by atoms with E-state index in [1.807, 2.05) is 0 Å². The van der Waals surface area contributed by atoms with Crippen LogP contribution in [0.1, 0.15) is 0 Å². The van der Waals surface area contributed by atoms with Crippen LogP contribution in [0.25, 0.3) is 0 Å². The fourth-order valence-electron chi connectivity index (χ4n) is 2.22. The summed E-state index contributed by atoms with van der Waals surface area (Å²) >= 11 is 0. The van der Waals surface area contributed by atoms with Gasteiger partial charge in [-0.25, -0.2) is 12.8 Å². The van der Waals surface area contributed by atoms with Crippen molar-refractivity contribution >= 4 is 15.7 Å². The second-order valence-electron chi connectivity index (χ2n) is 4.78. The highest BCUT2D eigenvalue weighted by Gasteiger charge is 2.35. The lowest BCUT2D eigenvalue weighted by Crippen LogP contribution is -2.31. The molecule has 8 heteroatoms. The van der Waals surface area contributed by atoms with Gasteiger partial charge in [-0.2, -0.15) is 9.37 Å². The van der Waals surface area contributed by atoms with Crippen molar-refractivity contribution in [1.29, 1.82) is 0 Å². The Balaban J connectivity index is 2.32. The predicted molar refractivity (Wildman–Crippen MR) is 74.8 cm³/mol. The van der Waals surface area contributed by atoms with E-state index in [0.29, 0.717) is 6.54 Å². The van der Waals surface area contributed by atoms with Crippen LogP contribution in [-0.2, 0) is 9.84 Å². The van der Waals surface area contributed by atoms with Gasteiger partial charge in [0.2, 0.25) is 15.7 Å². The van der Waals surface area contributed by atoms with Crippen molar-refractivity contribution in [3.63, 3.8) is 0 Å². The number of halogens is 2. The first kappa shape index (κ1) is 14.7. The highest BCUT2D eigenvalue weighted by molar-refractivity contribution is 7.91. The molecule has 0 unspecified atom stereocenters. The number of likely N-dealkylation sites (N-methyl/N-ethyl adjacent to an activating group) is 1. The number of pyridine rings is 1. The zero-order valence-electron chi connectivity index (χ0n) is 11.6. The van der Waals surface area contributed by atoms with Gasteiger partial charge in [0.15, 0.2) is 16.5 Å². The summed E-state index contributed by atoms with van der Waals surface area (Å²) in [6.45, 7) is 0.559. The standard InChI is InChI=1S/C14H12F2N2O3S/c1-18-7-8-21-11-12(10(15)13(16)17-14(11)18)22(19,20)9-5-3-2-4-6-9/h2-6H,7-8H2,1H3. The minimum absolute atomic E-state index is 0.0281. The maximum Gasteiger partial charge on any atom is 0.252 e. The Kier molecular flexibility index (Phi) is 3.48. The number of benzene rings is 1. The molecule has 2 heterocycles. The number of aromatic nitrogens is 1. The molecular formula is C14H12F2N2O3S. The van der Waals surface area contributed by atoms with Crippen LogP contribution in [0.2, 0.25) is 0 Å². The monoisotopic (exact) mass is 326 g/mol. The third-order valence-corrected chi connectivity index (χ3v) is 5.15. The largest absolute Gasteiger partial charge is 0.486 e. The van der Waals surface area contributed by atoms with E-state index in [2.05, 4.69) is 4.98 Å². The first-order valence-electron chi connectivity index (χ1n) is 6.46. The Hall–Kier alpha value is -2.22. The molecule has 1 aromatic heterocycles. The van der Waals surface area contributed by atoms with E-state index in [4.69, 9.17) is 4.74 Å². The van der Waals surface area contributed by atoms with E-state index in [0.717, 1.165) is 0 Å². The molecule has 0 fully saturated rings. The van der Waals surface area contributed by atoms with Crippen molar-refractivity contribution < 1.29 is 21.9 Å². The molecule has 1 aliphatic heterocycles. The fraction of sp³-hybridized carbons (Fsp3) is 0.214. The van der Waals surface area contributed by atoms with E-state index in [9.17, 15) is 17.2 Å². The van der Waals surface area contributed by atoms with Gasteiger partial charge in [0, 0.05) is 7.05 Å². The van der Waals surface area contributed by atoms with E-state index in [1.165, 1.54) is 29.2 Å². The van der Waals surface area contributed by atoms with E-state index < -0.39 is 26.5 Å². The summed E-state index contributed by atoms with van der Waals surface area (Å²) < 4.78 is 58.5. The number of nitrogens with zero attached hydrogens (tertiary/aromatic N) is 2. The molecule has 0 N–H and O–H groups in total. The summed E-state index contributed by atoms with van der Waals surface area (Å²) in [5.41, 5.74) is 0. The number of hydrogen-bond acceptors (Lipinski definition) is 5. The Labute approximate surface area is 126 Å². The van der Waals surface area contributed by atoms with Gasteiger partial charge in [-0.3, -0.25) is 0 Å². The summed E-state index contributed by atoms with van der Waals surface area (Å²) in [5.74, 6) is -3.28. The summed E-state index contributed by atoms with van der Waals surface area (Å²) in [7, 11) is -2.66. The van der Waals surface area contributed by atoms with Crippen LogP contribution in [0.4, 0.5) is 14.6 Å². The zero-order valence-corrected chi connectivity index (χ0v) is 12.4. The lowest BCUT2D eigenvalue weighted by atomic mass is 10.3. The average Bonchev–Trinajstić information content (AvgIpc) is 2.50. The van der Waals surface area contributed by atoms with Crippen LogP contribution in [0.3, 0.4) is 0 Å². The summed E-state index contributed by atoms with van der Waals surface area (Å²) in [5, 5.41) is 0. The Morgan fingerprint density at radius 2 is 1.91 bits per heavy atom. The third kappa shape index (κ3) is 2.19. The van der Waals surface area contributed by atoms with Gasteiger partial charge >= 0.3 is 0 Å². The first-order chi connectivity index (χ1) is 10.4. The van der Waals surface area contributed by atoms with Crippen molar-refractivity contribution in [2.24, 2.45) is 0 Å². The molecule has 0 bridgehead atoms. The lowest BCUT2D eigenvalue weighted by Gasteiger charge is -2.28. The number of ether oxygens (including phenoxy) is 1. The molecule has 0 radical (unpaired) electrons. The lowest BCUT2D eigenvalue weighted by molar-refractivity contribution is 0.291. The van der Waals surface area contributed by atoms with E-state index in [-0.39, 0.29) is 23.1 Å². The van der Waals surface area contributed by atoms with Crippen LogP contribution in [0.15, 0.2) is 40.1 Å². The molecule has 5 nitrogen and oxygen atoms in total. The molecule has 116 valence electrons. The van der Waals surface area contributed by atoms with Crippen molar-refractivity contribution in [3.05, 3.63) is 42.1 Å². The molecule has 0 spiro atoms. The Bertz CT molecular complexity index is 826. The quantitative estimate of drug-likeness (QED) is 0.790. The van der Waals surface area contributed by atoms with Gasteiger partial charge in [0.1, 0.15) is 6.61 Å². The maximum atomic E-state index is 14.2. The van der Waals surface area contributed by atoms with Crippen LogP contribution >= 0.6 is 0 Å². The molecule has 22 heavy (non-hydrogen) atoms. The molecular weight excluding hydrogens is 314 g/mol. The minimum Gasteiger partial charge on any atom is -0.486 e. The SMILES string of the molecule is CN1CCOc2c1nc(F)c(F)c2S(=O)(=O)c1ccccc1. The van der Waals surface area contributed by atoms with Crippen LogP contribution < -0.4 is 9.64 Å². The second-order valence-corrected chi connectivity index (χ2v) is 6.67. The number of fused-ring (bicyclic) bond motifs is 1. The number of hydrogen-bond donors (Lipinski definition) is 0. The van der Waals surface area contributed by atoms with Gasteiger partial charge in [0.25, 0.3) is 5.95 Å². The van der Waals surface area contributed by atoms with Crippen LogP contribution in [0.5, 0.6) is 5.75 Å². The summed E-state index contributed by atoms with van der Waals surface area (Å²) in [6.07, 6.45) is 0. The average molecular weight is 326 g/mol. The molecule has 1 aromatic carbocycles. The number of rotatable bonds is 2. The molecule has 2 aromatic rings. The molecule has 0 aliphatic carbocycles. The Morgan fingerprint density at radius 3 is 2.59 bits per heavy atom. The molecule has 1 aliphatic rings. The molecule has 0 saturated carbocycles. The molecule has 0 atom stereocenters. The molecule has 0 saturated heterocycles. The topological polar surface area (TPSA) is 59.5 Å². The zero-order chi connectivity index (χ0) is 15.9. The number of anilines is 1. The normalized spacial score (nSPS) is 14.4. The van der Waals surface area contributed by atoms with Crippen molar-refractivity contribution in [2.45, 2.75) is 9.79 Å². The van der Waals surface area contributed by atoms with Gasteiger partial charge in [0.05, 0.1) is 11.4 Å². The third-order valence-electron chi connectivity index (χ3n) is 3.35. The highest BCUT2D eigenvalue weighted by Crippen LogP contribution is 2.40. The number of sulfone groups is 1. The van der Waals surface area contributed by atoms with Crippen LogP contribution in [0, 0.1) is 11.8 Å². The van der Waals surface area contributed by atoms with E-state index >= 15 is 0 Å². The van der Waals surface area contributed by atoms with Crippen molar-refractivity contribution in [2.75, 3.05) is 25.1 Å². The fourth-order valence-corrected chi connectivity index (χ4v) is 3.69. The van der Waals surface area contributed by atoms with Crippen molar-refractivity contribution in [1.82, 2.24) is 4.98 Å². The van der Waals surface area contributed by atoms with Crippen LogP contribution in [-0.4, -0.2) is 33.6 Å². The first-order valence-corrected chi connectivity index (χ1v) is 7.94. The molecule has 0 amide bonds. The second kappa shape index (κ2) is 5.20. The molecule has 3 rings (SSSR count). The summed E-state index contributed by atoms with van der Waals surface area (Å²) in [4.78, 5) is 4.02. The smallest absolute Gasteiger partial charge is 0.252 e. The minimum atomic E-state index is -4.26. The van der Waals surface area contributed by atoms with E-state index in [1.54, 1.807) is 13.1 Å². The van der Waals surface area contributed by atoms with Gasteiger partial charge < -0.3 is 9.64 Å². The van der Waals surface area contributed by atoms with Gasteiger partial charge in [-0.05, 0) is 12.1 Å². The van der Waals surface area contributed by atoms with Gasteiger partial charge in [-0.1, -0.05) is 18.2 Å². The summed E-state index contributed by atoms with van der Waals surface area (Å²) in [6, 6.07) is 7.25. The maximum absolute atomic E-state index is 14.2.